The summed E-state index contributed by atoms with van der Waals surface area (Å²) >= 11 is 1.64. The molecule has 0 amide bonds. The Kier molecular flexibility index (Phi) is 3.30. The minimum absolute atomic E-state index is 0.295. The monoisotopic (exact) mass is 248 g/mol. The molecule has 17 heavy (non-hydrogen) atoms. The molecule has 1 heterocycles. The van der Waals surface area contributed by atoms with Gasteiger partial charge in [-0.15, -0.1) is 11.3 Å². The van der Waals surface area contributed by atoms with E-state index in [4.69, 9.17) is 5.73 Å². The number of rotatable bonds is 3. The van der Waals surface area contributed by atoms with Crippen molar-refractivity contribution < 1.29 is 9.63 Å². The van der Waals surface area contributed by atoms with Gasteiger partial charge in [-0.3, -0.25) is 4.79 Å². The van der Waals surface area contributed by atoms with Crippen LogP contribution in [-0.4, -0.2) is 5.97 Å². The summed E-state index contributed by atoms with van der Waals surface area (Å²) in [5.74, 6) is -0.139. The Bertz CT molecular complexity index is 575. The Labute approximate surface area is 103 Å². The van der Waals surface area contributed by atoms with Gasteiger partial charge in [0.1, 0.15) is 5.82 Å². The maximum atomic E-state index is 10.6. The summed E-state index contributed by atoms with van der Waals surface area (Å²) in [6, 6.07) is 8.04. The summed E-state index contributed by atoms with van der Waals surface area (Å²) in [6.07, 6.45) is 1.74. The summed E-state index contributed by atoms with van der Waals surface area (Å²) in [6.45, 7) is 1.31. The molecule has 0 saturated carbocycles. The van der Waals surface area contributed by atoms with E-state index in [1.54, 1.807) is 17.4 Å². The fourth-order valence-corrected chi connectivity index (χ4v) is 2.36. The van der Waals surface area contributed by atoms with E-state index in [1.807, 2.05) is 29.6 Å². The zero-order chi connectivity index (χ0) is 12.3. The van der Waals surface area contributed by atoms with Crippen LogP contribution in [0, 0.1) is 0 Å². The Morgan fingerprint density at radius 2 is 2.24 bits per heavy atom. The van der Waals surface area contributed by atoms with Gasteiger partial charge in [0, 0.05) is 11.6 Å². The van der Waals surface area contributed by atoms with Crippen LogP contribution in [0.25, 0.3) is 16.2 Å². The quantitative estimate of drug-likeness (QED) is 0.817. The average Bonchev–Trinajstić information content (AvgIpc) is 2.70. The van der Waals surface area contributed by atoms with Crippen molar-refractivity contribution >= 4 is 33.5 Å². The minimum Gasteiger partial charge on any atom is -0.383 e. The second-order valence-corrected chi connectivity index (χ2v) is 4.39. The van der Waals surface area contributed by atoms with Gasteiger partial charge in [-0.1, -0.05) is 18.2 Å². The van der Waals surface area contributed by atoms with Gasteiger partial charge in [0.25, 0.3) is 0 Å². The van der Waals surface area contributed by atoms with Crippen LogP contribution in [0.5, 0.6) is 0 Å². The SMILES string of the molecule is CC(=O)ON/C(N)=C/c1csc2ccccc12. The highest BCUT2D eigenvalue weighted by molar-refractivity contribution is 7.17. The molecule has 0 fully saturated rings. The highest BCUT2D eigenvalue weighted by atomic mass is 32.1. The first kappa shape index (κ1) is 11.5. The molecule has 0 spiro atoms. The van der Waals surface area contributed by atoms with Crippen molar-refractivity contribution in [3.8, 4) is 0 Å². The van der Waals surface area contributed by atoms with Gasteiger partial charge in [-0.05, 0) is 28.5 Å². The van der Waals surface area contributed by atoms with E-state index in [2.05, 4.69) is 10.3 Å². The lowest BCUT2D eigenvalue weighted by atomic mass is 10.2. The molecular weight excluding hydrogens is 236 g/mol. The smallest absolute Gasteiger partial charge is 0.329 e. The van der Waals surface area contributed by atoms with Crippen LogP contribution in [0.2, 0.25) is 0 Å². The molecule has 0 unspecified atom stereocenters. The first-order valence-corrected chi connectivity index (χ1v) is 5.91. The topological polar surface area (TPSA) is 64.3 Å². The summed E-state index contributed by atoms with van der Waals surface area (Å²) in [5.41, 5.74) is 9.06. The van der Waals surface area contributed by atoms with E-state index in [0.717, 1.165) is 10.9 Å². The van der Waals surface area contributed by atoms with Gasteiger partial charge in [-0.25, -0.2) is 5.48 Å². The second-order valence-electron chi connectivity index (χ2n) is 3.48. The number of carbonyl (C=O) groups excluding carboxylic acids is 1. The third-order valence-corrected chi connectivity index (χ3v) is 3.12. The molecule has 0 aliphatic rings. The first-order valence-electron chi connectivity index (χ1n) is 5.03. The van der Waals surface area contributed by atoms with Gasteiger partial charge in [0.2, 0.25) is 0 Å². The van der Waals surface area contributed by atoms with Crippen LogP contribution in [-0.2, 0) is 9.63 Å². The highest BCUT2D eigenvalue weighted by Gasteiger charge is 2.01. The minimum atomic E-state index is -0.434. The molecular formula is C12H12N2O2S. The number of hydroxylamine groups is 1. The van der Waals surface area contributed by atoms with Crippen LogP contribution in [0.15, 0.2) is 35.5 Å². The van der Waals surface area contributed by atoms with Gasteiger partial charge >= 0.3 is 5.97 Å². The molecule has 1 aromatic heterocycles. The molecule has 0 saturated heterocycles. The number of hydrogen-bond donors (Lipinski definition) is 2. The van der Waals surface area contributed by atoms with E-state index >= 15 is 0 Å². The first-order chi connectivity index (χ1) is 8.16. The number of benzene rings is 1. The van der Waals surface area contributed by atoms with E-state index in [0.29, 0.717) is 5.82 Å². The molecule has 2 aromatic rings. The van der Waals surface area contributed by atoms with E-state index in [1.165, 1.54) is 11.6 Å². The van der Waals surface area contributed by atoms with Crippen molar-refractivity contribution in [2.45, 2.75) is 6.92 Å². The summed E-state index contributed by atoms with van der Waals surface area (Å²) in [7, 11) is 0. The summed E-state index contributed by atoms with van der Waals surface area (Å²) in [4.78, 5) is 15.2. The molecule has 88 valence electrons. The molecule has 1 aromatic carbocycles. The maximum absolute atomic E-state index is 10.6. The Balaban J connectivity index is 2.22. The molecule has 5 heteroatoms. The lowest BCUT2D eigenvalue weighted by Gasteiger charge is -2.03. The molecule has 0 radical (unpaired) electrons. The summed E-state index contributed by atoms with van der Waals surface area (Å²) < 4.78 is 1.19. The van der Waals surface area contributed by atoms with Crippen LogP contribution >= 0.6 is 11.3 Å². The molecule has 3 N–H and O–H groups in total. The van der Waals surface area contributed by atoms with Crippen molar-refractivity contribution in [2.24, 2.45) is 5.73 Å². The Morgan fingerprint density at radius 1 is 1.47 bits per heavy atom. The largest absolute Gasteiger partial charge is 0.383 e. The van der Waals surface area contributed by atoms with Crippen LogP contribution in [0.1, 0.15) is 12.5 Å². The van der Waals surface area contributed by atoms with Crippen LogP contribution in [0.4, 0.5) is 0 Å². The number of nitrogens with two attached hydrogens (primary N) is 1. The summed E-state index contributed by atoms with van der Waals surface area (Å²) in [5, 5.41) is 3.14. The van der Waals surface area contributed by atoms with Crippen molar-refractivity contribution in [3.05, 3.63) is 41.0 Å². The number of carbonyl (C=O) groups is 1. The zero-order valence-corrected chi connectivity index (χ0v) is 10.1. The van der Waals surface area contributed by atoms with Crippen molar-refractivity contribution in [3.63, 3.8) is 0 Å². The third-order valence-electron chi connectivity index (χ3n) is 2.13. The fraction of sp³-hybridized carbons (Fsp3) is 0.0833. The molecule has 0 bridgehead atoms. The van der Waals surface area contributed by atoms with Crippen molar-refractivity contribution in [2.75, 3.05) is 0 Å². The Hall–Kier alpha value is -2.01. The van der Waals surface area contributed by atoms with Crippen LogP contribution in [0.3, 0.4) is 0 Å². The molecule has 4 nitrogen and oxygen atoms in total. The predicted octanol–water partition coefficient (Wildman–Crippen LogP) is 2.23. The predicted molar refractivity (Wildman–Crippen MR) is 68.9 cm³/mol. The molecule has 0 atom stereocenters. The van der Waals surface area contributed by atoms with Gasteiger partial charge < -0.3 is 10.6 Å². The fourth-order valence-electron chi connectivity index (χ4n) is 1.44. The Morgan fingerprint density at radius 3 is 3.00 bits per heavy atom. The number of thiophene rings is 1. The lowest BCUT2D eigenvalue weighted by Crippen LogP contribution is -2.22. The van der Waals surface area contributed by atoms with Gasteiger partial charge in [0.15, 0.2) is 0 Å². The molecule has 0 aliphatic carbocycles. The maximum Gasteiger partial charge on any atom is 0.329 e. The molecule has 0 aliphatic heterocycles. The highest BCUT2D eigenvalue weighted by Crippen LogP contribution is 2.26. The lowest BCUT2D eigenvalue weighted by molar-refractivity contribution is -0.146. The van der Waals surface area contributed by atoms with E-state index in [-0.39, 0.29) is 0 Å². The van der Waals surface area contributed by atoms with Crippen molar-refractivity contribution in [1.82, 2.24) is 5.48 Å². The zero-order valence-electron chi connectivity index (χ0n) is 9.27. The number of hydrogen-bond acceptors (Lipinski definition) is 5. The molecule has 2 rings (SSSR count). The van der Waals surface area contributed by atoms with Gasteiger partial charge in [-0.2, -0.15) is 0 Å². The average molecular weight is 248 g/mol. The van der Waals surface area contributed by atoms with Gasteiger partial charge in [0.05, 0.1) is 0 Å². The normalized spacial score (nSPS) is 11.5. The van der Waals surface area contributed by atoms with Crippen LogP contribution < -0.4 is 11.2 Å². The van der Waals surface area contributed by atoms with E-state index in [9.17, 15) is 4.79 Å². The second kappa shape index (κ2) is 4.88. The standard InChI is InChI=1S/C12H12N2O2S/c1-8(15)16-14-12(13)6-9-7-17-11-5-3-2-4-10(9)11/h2-7,14H,13H2,1H3/b12-6+. The third kappa shape index (κ3) is 2.76. The van der Waals surface area contributed by atoms with Crippen molar-refractivity contribution in [1.29, 1.82) is 0 Å². The number of fused-ring (bicyclic) bond motifs is 1. The number of nitrogens with one attached hydrogen (secondary N) is 1. The van der Waals surface area contributed by atoms with E-state index < -0.39 is 5.97 Å².